The summed E-state index contributed by atoms with van der Waals surface area (Å²) >= 11 is 0. The molecule has 0 unspecified atom stereocenters. The minimum Gasteiger partial charge on any atom is -0.381 e. The summed E-state index contributed by atoms with van der Waals surface area (Å²) in [7, 11) is 1.63. The van der Waals surface area contributed by atoms with Crippen LogP contribution in [0.25, 0.3) is 0 Å². The van der Waals surface area contributed by atoms with Crippen molar-refractivity contribution in [3.05, 3.63) is 59.7 Å². The third-order valence-corrected chi connectivity index (χ3v) is 5.22. The third kappa shape index (κ3) is 3.53. The molecule has 0 bridgehead atoms. The van der Waals surface area contributed by atoms with Crippen LogP contribution in [-0.2, 0) is 11.3 Å². The van der Waals surface area contributed by atoms with Gasteiger partial charge in [0.05, 0.1) is 23.5 Å². The van der Waals surface area contributed by atoms with Gasteiger partial charge in [-0.2, -0.15) is 0 Å². The number of para-hydroxylation sites is 2. The van der Waals surface area contributed by atoms with Crippen molar-refractivity contribution in [3.63, 3.8) is 0 Å². The van der Waals surface area contributed by atoms with Crippen LogP contribution in [0.5, 0.6) is 0 Å². The highest BCUT2D eigenvalue weighted by Crippen LogP contribution is 2.36. The predicted molar refractivity (Wildman–Crippen MR) is 107 cm³/mol. The third-order valence-electron chi connectivity index (χ3n) is 5.22. The highest BCUT2D eigenvalue weighted by atomic mass is 16.5. The first-order chi connectivity index (χ1) is 13.2. The number of amides is 1. The minimum atomic E-state index is -0.214. The Kier molecular flexibility index (Phi) is 4.81. The van der Waals surface area contributed by atoms with Crippen LogP contribution < -0.4 is 16.0 Å². The van der Waals surface area contributed by atoms with Crippen molar-refractivity contribution < 1.29 is 9.53 Å². The molecule has 0 saturated carbocycles. The second-order valence-electron chi connectivity index (χ2n) is 6.93. The van der Waals surface area contributed by atoms with Crippen molar-refractivity contribution in [2.75, 3.05) is 30.9 Å². The van der Waals surface area contributed by atoms with Gasteiger partial charge in [0.25, 0.3) is 5.91 Å². The molecule has 2 aliphatic heterocycles. The fourth-order valence-electron chi connectivity index (χ4n) is 3.61. The van der Waals surface area contributed by atoms with Crippen LogP contribution in [0.3, 0.4) is 0 Å². The number of fused-ring (bicyclic) bond motifs is 1. The van der Waals surface area contributed by atoms with Gasteiger partial charge in [-0.05, 0) is 29.8 Å². The number of hydrogen-bond acceptors (Lipinski definition) is 4. The van der Waals surface area contributed by atoms with Crippen molar-refractivity contribution in [2.45, 2.75) is 24.9 Å². The zero-order valence-corrected chi connectivity index (χ0v) is 15.4. The van der Waals surface area contributed by atoms with Crippen LogP contribution in [0, 0.1) is 0 Å². The molecule has 3 N–H and O–H groups in total. The lowest BCUT2D eigenvalue weighted by Crippen LogP contribution is -2.55. The normalized spacial score (nSPS) is 19.1. The van der Waals surface area contributed by atoms with Crippen LogP contribution in [0.2, 0.25) is 0 Å². The molecule has 6 nitrogen and oxygen atoms in total. The number of hydrogen-bond donors (Lipinski definition) is 3. The van der Waals surface area contributed by atoms with Gasteiger partial charge in [0, 0.05) is 38.7 Å². The quantitative estimate of drug-likeness (QED) is 0.783. The second-order valence-corrected chi connectivity index (χ2v) is 6.93. The average Bonchev–Trinajstić information content (AvgIpc) is 2.72. The van der Waals surface area contributed by atoms with Crippen molar-refractivity contribution in [1.29, 1.82) is 0 Å². The Balaban J connectivity index is 1.59. The first-order valence-corrected chi connectivity index (χ1v) is 9.28. The van der Waals surface area contributed by atoms with Crippen LogP contribution in [-0.4, -0.2) is 37.5 Å². The predicted octanol–water partition coefficient (Wildman–Crippen LogP) is 3.03. The van der Waals surface area contributed by atoms with E-state index in [1.165, 1.54) is 0 Å². The van der Waals surface area contributed by atoms with Gasteiger partial charge in [-0.1, -0.05) is 24.3 Å². The zero-order chi connectivity index (χ0) is 18.7. The van der Waals surface area contributed by atoms with Crippen LogP contribution in [0.1, 0.15) is 28.8 Å². The van der Waals surface area contributed by atoms with Gasteiger partial charge in [0.1, 0.15) is 5.84 Å². The fourth-order valence-corrected chi connectivity index (χ4v) is 3.61. The maximum atomic E-state index is 11.7. The molecule has 0 atom stereocenters. The molecule has 27 heavy (non-hydrogen) atoms. The molecular weight excluding hydrogens is 340 g/mol. The van der Waals surface area contributed by atoms with Gasteiger partial charge in [0.15, 0.2) is 0 Å². The van der Waals surface area contributed by atoms with Gasteiger partial charge >= 0.3 is 0 Å². The molecular formula is C21H24N4O2. The van der Waals surface area contributed by atoms with Gasteiger partial charge in [-0.15, -0.1) is 0 Å². The molecule has 140 valence electrons. The number of benzene rings is 2. The molecule has 2 aromatic carbocycles. The van der Waals surface area contributed by atoms with E-state index in [1.54, 1.807) is 7.05 Å². The van der Waals surface area contributed by atoms with Gasteiger partial charge < -0.3 is 20.7 Å². The summed E-state index contributed by atoms with van der Waals surface area (Å²) in [5, 5.41) is 9.87. The molecule has 4 rings (SSSR count). The molecule has 1 spiro atoms. The number of carbonyl (C=O) groups excluding carboxylic acids is 1. The number of anilines is 2. The number of rotatable bonds is 3. The molecule has 2 heterocycles. The lowest BCUT2D eigenvalue weighted by Gasteiger charge is -2.43. The maximum absolute atomic E-state index is 11.7. The summed E-state index contributed by atoms with van der Waals surface area (Å²) in [5.41, 5.74) is 3.66. The Morgan fingerprint density at radius 1 is 1.11 bits per heavy atom. The number of amidine groups is 1. The van der Waals surface area contributed by atoms with Crippen molar-refractivity contribution in [2.24, 2.45) is 4.99 Å². The summed E-state index contributed by atoms with van der Waals surface area (Å²) in [6.07, 6.45) is 1.76. The fraction of sp³-hybridized carbons (Fsp3) is 0.333. The largest absolute Gasteiger partial charge is 0.381 e. The summed E-state index contributed by atoms with van der Waals surface area (Å²) in [4.78, 5) is 16.6. The van der Waals surface area contributed by atoms with Crippen LogP contribution in [0.15, 0.2) is 53.5 Å². The van der Waals surface area contributed by atoms with E-state index in [4.69, 9.17) is 9.73 Å². The Hall–Kier alpha value is -2.86. The minimum absolute atomic E-state index is 0.0798. The van der Waals surface area contributed by atoms with E-state index in [-0.39, 0.29) is 11.4 Å². The number of nitrogens with one attached hydrogen (secondary N) is 3. The Morgan fingerprint density at radius 3 is 2.52 bits per heavy atom. The molecule has 2 aromatic rings. The van der Waals surface area contributed by atoms with Crippen molar-refractivity contribution in [3.8, 4) is 0 Å². The highest BCUT2D eigenvalue weighted by Gasteiger charge is 2.41. The smallest absolute Gasteiger partial charge is 0.251 e. The van der Waals surface area contributed by atoms with E-state index in [0.717, 1.165) is 48.8 Å². The molecule has 0 aromatic heterocycles. The number of aliphatic imine (C=N–C) groups is 1. The first-order valence-electron chi connectivity index (χ1n) is 9.28. The molecule has 1 amide bonds. The topological polar surface area (TPSA) is 74.8 Å². The molecule has 0 radical (unpaired) electrons. The van der Waals surface area contributed by atoms with E-state index >= 15 is 0 Å². The van der Waals surface area contributed by atoms with Crippen LogP contribution >= 0.6 is 0 Å². The van der Waals surface area contributed by atoms with E-state index in [0.29, 0.717) is 12.1 Å². The summed E-state index contributed by atoms with van der Waals surface area (Å²) < 4.78 is 5.58. The van der Waals surface area contributed by atoms with E-state index in [9.17, 15) is 4.79 Å². The van der Waals surface area contributed by atoms with E-state index < -0.39 is 0 Å². The lowest BCUT2D eigenvalue weighted by atomic mass is 9.86. The van der Waals surface area contributed by atoms with Gasteiger partial charge in [-0.25, -0.2) is 0 Å². The van der Waals surface area contributed by atoms with Crippen LogP contribution in [0.4, 0.5) is 11.4 Å². The second kappa shape index (κ2) is 7.40. The number of nitrogens with zero attached hydrogens (tertiary/aromatic N) is 1. The molecule has 1 saturated heterocycles. The Morgan fingerprint density at radius 2 is 1.81 bits per heavy atom. The number of carbonyl (C=O) groups is 1. The summed E-state index contributed by atoms with van der Waals surface area (Å²) in [5.74, 6) is 0.878. The highest BCUT2D eigenvalue weighted by molar-refractivity contribution is 6.09. The maximum Gasteiger partial charge on any atom is 0.251 e. The SMILES string of the molecule is CNC(=O)c1ccc(CN=C2Nc3ccccc3NC23CCOCC3)cc1. The van der Waals surface area contributed by atoms with Gasteiger partial charge in [0.2, 0.25) is 0 Å². The van der Waals surface area contributed by atoms with E-state index in [2.05, 4.69) is 28.1 Å². The van der Waals surface area contributed by atoms with Crippen molar-refractivity contribution in [1.82, 2.24) is 5.32 Å². The van der Waals surface area contributed by atoms with E-state index in [1.807, 2.05) is 36.4 Å². The zero-order valence-electron chi connectivity index (χ0n) is 15.4. The monoisotopic (exact) mass is 364 g/mol. The summed E-state index contributed by atoms with van der Waals surface area (Å²) in [6, 6.07) is 15.8. The van der Waals surface area contributed by atoms with Crippen molar-refractivity contribution >= 4 is 23.1 Å². The molecule has 6 heteroatoms. The standard InChI is InChI=1S/C21H24N4O2/c1-22-19(26)16-8-6-15(7-9-16)14-23-20-21(10-12-27-13-11-21)25-18-5-3-2-4-17(18)24-20/h2-9,25H,10-14H2,1H3,(H,22,26)(H,23,24). The number of ether oxygens (including phenoxy) is 1. The summed E-state index contributed by atoms with van der Waals surface area (Å²) in [6.45, 7) is 2.00. The lowest BCUT2D eigenvalue weighted by molar-refractivity contribution is 0.0778. The Labute approximate surface area is 159 Å². The Bertz CT molecular complexity index is 855. The first kappa shape index (κ1) is 17.5. The molecule has 2 aliphatic rings. The average molecular weight is 364 g/mol. The molecule has 1 fully saturated rings. The molecule has 0 aliphatic carbocycles. The van der Waals surface area contributed by atoms with Gasteiger partial charge in [-0.3, -0.25) is 9.79 Å².